The number of hydrogen-bond acceptors (Lipinski definition) is 2. The Balaban J connectivity index is 1.81. The molecule has 0 saturated heterocycles. The lowest BCUT2D eigenvalue weighted by Crippen LogP contribution is -2.24. The van der Waals surface area contributed by atoms with Gasteiger partial charge in [0.05, 0.1) is 22.6 Å². The van der Waals surface area contributed by atoms with Gasteiger partial charge in [0, 0.05) is 6.54 Å². The topological polar surface area (TPSA) is 46.9 Å². The highest BCUT2D eigenvalue weighted by atomic mass is 19.1. The lowest BCUT2D eigenvalue weighted by atomic mass is 10.1. The molecular formula is C20H20FN3O. The fourth-order valence-electron chi connectivity index (χ4n) is 2.78. The molecule has 2 aromatic carbocycles. The van der Waals surface area contributed by atoms with Crippen LogP contribution >= 0.6 is 0 Å². The van der Waals surface area contributed by atoms with E-state index in [1.165, 1.54) is 17.7 Å². The van der Waals surface area contributed by atoms with Crippen molar-refractivity contribution in [2.24, 2.45) is 0 Å². The first-order chi connectivity index (χ1) is 12.0. The number of nitrogens with zero attached hydrogens (tertiary/aromatic N) is 2. The van der Waals surface area contributed by atoms with Crippen molar-refractivity contribution in [2.75, 3.05) is 0 Å². The number of benzene rings is 2. The second kappa shape index (κ2) is 6.89. The SMILES string of the molecule is Cc1ccc(CNC(=O)c2c(C)nn(-c3ccc(F)cc3)c2C)cc1. The minimum atomic E-state index is -0.304. The molecule has 1 amide bonds. The zero-order valence-electron chi connectivity index (χ0n) is 14.5. The molecule has 128 valence electrons. The Labute approximate surface area is 146 Å². The van der Waals surface area contributed by atoms with E-state index >= 15 is 0 Å². The summed E-state index contributed by atoms with van der Waals surface area (Å²) in [6.45, 7) is 6.12. The Hall–Kier alpha value is -2.95. The Bertz CT molecular complexity index is 896. The van der Waals surface area contributed by atoms with E-state index in [1.54, 1.807) is 23.7 Å². The van der Waals surface area contributed by atoms with Crippen LogP contribution in [-0.4, -0.2) is 15.7 Å². The first kappa shape index (κ1) is 16.9. The highest BCUT2D eigenvalue weighted by molar-refractivity contribution is 5.96. The summed E-state index contributed by atoms with van der Waals surface area (Å²) in [6, 6.07) is 14.1. The van der Waals surface area contributed by atoms with Crippen molar-refractivity contribution in [3.8, 4) is 5.69 Å². The molecule has 0 fully saturated rings. The third-order valence-electron chi connectivity index (χ3n) is 4.16. The highest BCUT2D eigenvalue weighted by Crippen LogP contribution is 2.18. The monoisotopic (exact) mass is 337 g/mol. The van der Waals surface area contributed by atoms with Crippen LogP contribution in [0.2, 0.25) is 0 Å². The molecule has 0 spiro atoms. The number of aromatic nitrogens is 2. The van der Waals surface area contributed by atoms with Gasteiger partial charge < -0.3 is 5.32 Å². The number of halogens is 1. The maximum absolute atomic E-state index is 13.1. The summed E-state index contributed by atoms with van der Waals surface area (Å²) in [5, 5.41) is 7.37. The molecule has 0 unspecified atom stereocenters. The molecule has 3 aromatic rings. The quantitative estimate of drug-likeness (QED) is 0.786. The maximum atomic E-state index is 13.1. The Morgan fingerprint density at radius 3 is 2.32 bits per heavy atom. The van der Waals surface area contributed by atoms with Crippen molar-refractivity contribution < 1.29 is 9.18 Å². The van der Waals surface area contributed by atoms with Gasteiger partial charge in [-0.05, 0) is 50.6 Å². The number of aryl methyl sites for hydroxylation is 2. The molecule has 0 aliphatic carbocycles. The fraction of sp³-hybridized carbons (Fsp3) is 0.200. The molecule has 0 bridgehead atoms. The van der Waals surface area contributed by atoms with E-state index in [0.717, 1.165) is 16.9 Å². The number of carbonyl (C=O) groups excluding carboxylic acids is 1. The van der Waals surface area contributed by atoms with Crippen molar-refractivity contribution in [1.29, 1.82) is 0 Å². The summed E-state index contributed by atoms with van der Waals surface area (Å²) < 4.78 is 14.8. The smallest absolute Gasteiger partial charge is 0.255 e. The average molecular weight is 337 g/mol. The van der Waals surface area contributed by atoms with Crippen LogP contribution in [0.15, 0.2) is 48.5 Å². The molecule has 4 nitrogen and oxygen atoms in total. The molecule has 0 radical (unpaired) electrons. The molecule has 3 rings (SSSR count). The normalized spacial score (nSPS) is 10.7. The number of nitrogens with one attached hydrogen (secondary N) is 1. The van der Waals surface area contributed by atoms with Crippen LogP contribution in [0.25, 0.3) is 5.69 Å². The highest BCUT2D eigenvalue weighted by Gasteiger charge is 2.19. The van der Waals surface area contributed by atoms with E-state index in [-0.39, 0.29) is 11.7 Å². The van der Waals surface area contributed by atoms with Crippen LogP contribution in [0, 0.1) is 26.6 Å². The number of carbonyl (C=O) groups is 1. The predicted octanol–water partition coefficient (Wildman–Crippen LogP) is 3.87. The summed E-state index contributed by atoms with van der Waals surface area (Å²) in [6.07, 6.45) is 0. The molecule has 5 heteroatoms. The van der Waals surface area contributed by atoms with Gasteiger partial charge in [-0.1, -0.05) is 29.8 Å². The van der Waals surface area contributed by atoms with Crippen LogP contribution in [0.5, 0.6) is 0 Å². The van der Waals surface area contributed by atoms with Crippen LogP contribution in [-0.2, 0) is 6.54 Å². The second-order valence-electron chi connectivity index (χ2n) is 6.10. The minimum Gasteiger partial charge on any atom is -0.348 e. The van der Waals surface area contributed by atoms with E-state index < -0.39 is 0 Å². The Kier molecular flexibility index (Phi) is 4.65. The van der Waals surface area contributed by atoms with Crippen LogP contribution < -0.4 is 5.32 Å². The van der Waals surface area contributed by atoms with Crippen LogP contribution in [0.4, 0.5) is 4.39 Å². The van der Waals surface area contributed by atoms with E-state index in [0.29, 0.717) is 17.8 Å². The lowest BCUT2D eigenvalue weighted by Gasteiger charge is -2.07. The van der Waals surface area contributed by atoms with Gasteiger partial charge in [0.15, 0.2) is 0 Å². The second-order valence-corrected chi connectivity index (χ2v) is 6.10. The third kappa shape index (κ3) is 3.60. The molecule has 1 heterocycles. The zero-order chi connectivity index (χ0) is 18.0. The number of rotatable bonds is 4. The van der Waals surface area contributed by atoms with Crippen molar-refractivity contribution in [2.45, 2.75) is 27.3 Å². The van der Waals surface area contributed by atoms with Crippen LogP contribution in [0.3, 0.4) is 0 Å². The van der Waals surface area contributed by atoms with Gasteiger partial charge in [-0.15, -0.1) is 0 Å². The summed E-state index contributed by atoms with van der Waals surface area (Å²) in [7, 11) is 0. The van der Waals surface area contributed by atoms with E-state index in [2.05, 4.69) is 10.4 Å². The molecule has 0 aliphatic heterocycles. The van der Waals surface area contributed by atoms with Gasteiger partial charge in [-0.2, -0.15) is 5.10 Å². The average Bonchev–Trinajstić information content (AvgIpc) is 2.89. The van der Waals surface area contributed by atoms with E-state index in [4.69, 9.17) is 0 Å². The van der Waals surface area contributed by atoms with Crippen molar-refractivity contribution in [3.63, 3.8) is 0 Å². The molecule has 0 aliphatic rings. The van der Waals surface area contributed by atoms with Gasteiger partial charge >= 0.3 is 0 Å². The van der Waals surface area contributed by atoms with Gasteiger partial charge in [0.2, 0.25) is 0 Å². The van der Waals surface area contributed by atoms with E-state index in [1.807, 2.05) is 38.1 Å². The molecule has 1 aromatic heterocycles. The number of amides is 1. The minimum absolute atomic E-state index is 0.163. The molecule has 0 atom stereocenters. The fourth-order valence-corrected chi connectivity index (χ4v) is 2.78. The standard InChI is InChI=1S/C20H20FN3O/c1-13-4-6-16(7-5-13)12-22-20(25)19-14(2)23-24(15(19)3)18-10-8-17(21)9-11-18/h4-11H,12H2,1-3H3,(H,22,25). The molecule has 0 saturated carbocycles. The summed E-state index contributed by atoms with van der Waals surface area (Å²) in [4.78, 5) is 12.6. The lowest BCUT2D eigenvalue weighted by molar-refractivity contribution is 0.0949. The van der Waals surface area contributed by atoms with Gasteiger partial charge in [0.25, 0.3) is 5.91 Å². The third-order valence-corrected chi connectivity index (χ3v) is 4.16. The first-order valence-corrected chi connectivity index (χ1v) is 8.11. The maximum Gasteiger partial charge on any atom is 0.255 e. The molecule has 1 N–H and O–H groups in total. The molecule has 25 heavy (non-hydrogen) atoms. The van der Waals surface area contributed by atoms with Crippen LogP contribution in [0.1, 0.15) is 32.9 Å². The summed E-state index contributed by atoms with van der Waals surface area (Å²) in [5.74, 6) is -0.467. The van der Waals surface area contributed by atoms with Crippen molar-refractivity contribution >= 4 is 5.91 Å². The van der Waals surface area contributed by atoms with Crippen molar-refractivity contribution in [1.82, 2.24) is 15.1 Å². The number of hydrogen-bond donors (Lipinski definition) is 1. The van der Waals surface area contributed by atoms with E-state index in [9.17, 15) is 9.18 Å². The van der Waals surface area contributed by atoms with Gasteiger partial charge in [-0.25, -0.2) is 9.07 Å². The molecular weight excluding hydrogens is 317 g/mol. The predicted molar refractivity (Wildman–Crippen MR) is 95.3 cm³/mol. The van der Waals surface area contributed by atoms with Gasteiger partial charge in [0.1, 0.15) is 5.82 Å². The first-order valence-electron chi connectivity index (χ1n) is 8.11. The van der Waals surface area contributed by atoms with Gasteiger partial charge in [-0.3, -0.25) is 4.79 Å². The Morgan fingerprint density at radius 1 is 1.04 bits per heavy atom. The van der Waals surface area contributed by atoms with Crippen molar-refractivity contribution in [3.05, 3.63) is 82.4 Å². The zero-order valence-corrected chi connectivity index (χ0v) is 14.5. The Morgan fingerprint density at radius 2 is 1.68 bits per heavy atom. The summed E-state index contributed by atoms with van der Waals surface area (Å²) >= 11 is 0. The summed E-state index contributed by atoms with van der Waals surface area (Å²) in [5.41, 5.74) is 4.87. The largest absolute Gasteiger partial charge is 0.348 e.